The van der Waals surface area contributed by atoms with Crippen LogP contribution in [0, 0.1) is 47.3 Å². The number of allylic oxidation sites excluding steroid dienone is 2. The highest BCUT2D eigenvalue weighted by atomic mass is 16.5. The zero-order valence-corrected chi connectivity index (χ0v) is 83.4. The highest BCUT2D eigenvalue weighted by molar-refractivity contribution is 6.05. The number of esters is 1. The van der Waals surface area contributed by atoms with Crippen molar-refractivity contribution < 1.29 is 116 Å². The minimum atomic E-state index is -1.84. The lowest BCUT2D eigenvalue weighted by molar-refractivity contribution is -0.156. The van der Waals surface area contributed by atoms with Crippen molar-refractivity contribution in [1.29, 1.82) is 0 Å². The van der Waals surface area contributed by atoms with Crippen molar-refractivity contribution in [1.82, 2.24) is 95.3 Å². The van der Waals surface area contributed by atoms with Crippen LogP contribution < -0.4 is 108 Å². The lowest BCUT2D eigenvalue weighted by Gasteiger charge is -2.31. The van der Waals surface area contributed by atoms with Gasteiger partial charge in [0, 0.05) is 13.0 Å². The van der Waals surface area contributed by atoms with Crippen molar-refractivity contribution >= 4 is 118 Å². The van der Waals surface area contributed by atoms with E-state index in [9.17, 15) is 111 Å². The van der Waals surface area contributed by atoms with E-state index >= 15 is 0 Å². The van der Waals surface area contributed by atoms with Crippen molar-refractivity contribution in [3.05, 3.63) is 23.5 Å². The first-order valence-electron chi connectivity index (χ1n) is 47.8. The number of primary amides is 1. The maximum atomic E-state index is 14.6. The van der Waals surface area contributed by atoms with Crippen LogP contribution in [0.5, 0.6) is 0 Å². The molecule has 2 aliphatic heterocycles. The van der Waals surface area contributed by atoms with Gasteiger partial charge in [-0.2, -0.15) is 0 Å². The van der Waals surface area contributed by atoms with E-state index in [2.05, 4.69) is 90.4 Å². The van der Waals surface area contributed by atoms with Crippen molar-refractivity contribution in [2.24, 2.45) is 64.5 Å². The Balaban J connectivity index is 2.43. The van der Waals surface area contributed by atoms with Crippen LogP contribution in [0.25, 0.3) is 0 Å². The molecular weight excluding hydrogens is 1780 g/mol. The maximum absolute atomic E-state index is 14.6. The Morgan fingerprint density at radius 3 is 1.37 bits per heavy atom. The predicted molar refractivity (Wildman–Crippen MR) is 505 cm³/mol. The molecule has 2 saturated heterocycles. The number of hydrogen-bond acceptors (Lipinski definition) is 26. The van der Waals surface area contributed by atoms with Crippen molar-refractivity contribution in [2.45, 2.75) is 350 Å². The van der Waals surface area contributed by atoms with Gasteiger partial charge in [0.25, 0.3) is 11.8 Å². The van der Waals surface area contributed by atoms with Crippen LogP contribution in [-0.4, -0.2) is 281 Å². The van der Waals surface area contributed by atoms with E-state index in [-0.39, 0.29) is 100 Å². The molecule has 2 fully saturated rings. The topological polar surface area (TPSA) is 697 Å². The second-order valence-corrected chi connectivity index (χ2v) is 38.0. The molecule has 2 aliphatic rings. The number of rotatable bonds is 55. The molecule has 0 saturated carbocycles. The summed E-state index contributed by atoms with van der Waals surface area (Å²) in [5.74, 6) is -22.8. The first-order chi connectivity index (χ1) is 64.2. The number of aliphatic hydroxyl groups is 3. The smallest absolute Gasteiger partial charge is 0.328 e. The van der Waals surface area contributed by atoms with E-state index in [4.69, 9.17) is 21.9 Å². The molecule has 0 spiro atoms. The third kappa shape index (κ3) is 42.7. The second-order valence-electron chi connectivity index (χ2n) is 38.0. The third-order valence-electron chi connectivity index (χ3n) is 22.7. The maximum Gasteiger partial charge on any atom is 0.328 e. The van der Waals surface area contributed by atoms with E-state index < -0.39 is 283 Å². The van der Waals surface area contributed by atoms with Gasteiger partial charge < -0.3 is 133 Å². The molecule has 19 amide bonds. The van der Waals surface area contributed by atoms with Crippen LogP contribution in [0.15, 0.2) is 23.5 Å². The fraction of sp³-hybridized carbons (Fsp3) is 0.739. The fourth-order valence-electron chi connectivity index (χ4n) is 15.0. The zero-order chi connectivity index (χ0) is 104. The molecule has 776 valence electrons. The average Bonchev–Trinajstić information content (AvgIpc) is 1.64. The largest absolute Gasteiger partial charge is 0.458 e. The monoisotopic (exact) mass is 1940 g/mol. The Morgan fingerprint density at radius 2 is 0.927 bits per heavy atom. The Hall–Kier alpha value is -11.3. The van der Waals surface area contributed by atoms with Gasteiger partial charge in [-0.1, -0.05) is 149 Å². The highest BCUT2D eigenvalue weighted by Gasteiger charge is 2.44. The van der Waals surface area contributed by atoms with Gasteiger partial charge in [0.1, 0.15) is 108 Å². The molecule has 137 heavy (non-hydrogen) atoms. The van der Waals surface area contributed by atoms with Gasteiger partial charge in [-0.3, -0.25) is 91.1 Å². The SMILES string of the molecule is C/C=C(\NC(=O)[C@H](NC(=O)[C@H](CC(C)C)NC(=O)[C@@H](CCC(N)=O)NC(=O)[C@@H](NC(=O)[C@H](NC(=O)[C@@H](CC(C)C)NC(=O)[C@@H](CO)NC(=O)[C@H](NC(=O)[C@H](CC(C)C)NC(=O)[C@H](CO)NC(=O)[C@H]1CCCN1C(=O)/C(=C/C)NC(=O)CC(O)CCCCC)C(C)C)C(C)C)C(C)C)C(C)C)C(=O)N[C@H]1C(=O)N[C@@H](CC(C)C)C(=O)NCC(=O)N[C@H](CCN)C(=O)N[C@@H](CCCCN)C(=O)O[C@@H]1C. The quantitative estimate of drug-likeness (QED) is 0.0161. The molecule has 0 aliphatic carbocycles. The van der Waals surface area contributed by atoms with Crippen molar-refractivity contribution in [2.75, 3.05) is 39.4 Å². The van der Waals surface area contributed by atoms with Gasteiger partial charge in [0.2, 0.25) is 100 Å². The van der Waals surface area contributed by atoms with Gasteiger partial charge in [-0.15, -0.1) is 0 Å². The number of nitrogens with two attached hydrogens (primary N) is 3. The second kappa shape index (κ2) is 61.8. The molecule has 26 N–H and O–H groups in total. The molecule has 0 aromatic rings. The molecule has 45 nitrogen and oxygen atoms in total. The minimum Gasteiger partial charge on any atom is -0.458 e. The van der Waals surface area contributed by atoms with Crippen LogP contribution in [-0.2, 0) is 101 Å². The molecule has 0 aromatic carbocycles. The molecule has 1 unspecified atom stereocenters. The number of hydrogen-bond donors (Lipinski definition) is 23. The lowest BCUT2D eigenvalue weighted by atomic mass is 9.97. The molecule has 0 aromatic heterocycles. The van der Waals surface area contributed by atoms with Crippen LogP contribution in [0.3, 0.4) is 0 Å². The summed E-state index contributed by atoms with van der Waals surface area (Å²) in [7, 11) is 0. The van der Waals surface area contributed by atoms with E-state index in [1.54, 1.807) is 111 Å². The molecule has 2 rings (SSSR count). The summed E-state index contributed by atoms with van der Waals surface area (Å²) < 4.78 is 5.80. The van der Waals surface area contributed by atoms with Gasteiger partial charge >= 0.3 is 5.97 Å². The number of carbonyl (C=O) groups excluding carboxylic acids is 20. The van der Waals surface area contributed by atoms with E-state index in [1.807, 2.05) is 6.92 Å². The first-order valence-corrected chi connectivity index (χ1v) is 47.8. The van der Waals surface area contributed by atoms with Crippen LogP contribution >= 0.6 is 0 Å². The molecule has 2 heterocycles. The van der Waals surface area contributed by atoms with Crippen molar-refractivity contribution in [3.8, 4) is 0 Å². The molecule has 0 bridgehead atoms. The Kier molecular flexibility index (Phi) is 54.9. The zero-order valence-electron chi connectivity index (χ0n) is 83.4. The number of cyclic esters (lactones) is 1. The summed E-state index contributed by atoms with van der Waals surface area (Å²) in [6, 6.07) is -22.3. The van der Waals surface area contributed by atoms with Crippen LogP contribution in [0.1, 0.15) is 248 Å². The van der Waals surface area contributed by atoms with Crippen LogP contribution in [0.4, 0.5) is 0 Å². The van der Waals surface area contributed by atoms with E-state index in [0.717, 1.165) is 18.9 Å². The number of amides is 19. The van der Waals surface area contributed by atoms with E-state index in [0.29, 0.717) is 32.1 Å². The number of likely N-dealkylation sites (tertiary alicyclic amines) is 1. The van der Waals surface area contributed by atoms with E-state index in [1.165, 1.54) is 31.7 Å². The van der Waals surface area contributed by atoms with Gasteiger partial charge in [0.15, 0.2) is 0 Å². The van der Waals surface area contributed by atoms with Gasteiger partial charge in [-0.25, -0.2) is 4.79 Å². The summed E-state index contributed by atoms with van der Waals surface area (Å²) in [6.07, 6.45) is 2.61. The Labute approximate surface area is 803 Å². The van der Waals surface area contributed by atoms with Gasteiger partial charge in [0.05, 0.1) is 32.3 Å². The van der Waals surface area contributed by atoms with Crippen LogP contribution in [0.2, 0.25) is 0 Å². The minimum absolute atomic E-state index is 0.000602. The standard InChI is InChI=1S/C92H159N21O24/c1-21-24-25-29-55(116)42-69(118)97-57(23-3)91(135)113-37-28-31-67(113)85(129)106-65(44-114)83(127)103-63(40-48(8)9)81(125)109-72(51(14)15)88(132)107-66(45-115)84(128)104-64(41-49(10)11)82(126)110-74(53(18)19)89(133)111-73(52(16)17)87(131)100-58(32-33-68(95)117)78(122)102-62(39-47(6)7)80(124)108-71(50(12)13)86(130)99-56(22-2)77(121)112-75-54(20)137-92(136)60(30-26-27-35-93)101-79(123)59(34-36-94)98-70(119)43-96-76(120)61(38-46(4)5)105-90(75)134/h22-23,46-55,58-67,71-75,114-116H,21,24-45,93-94H2,1-20H3,(H2,95,117)(H,96,120)(H,97,118)(H,98,119)(H,99,130)(H,100,131)(H,101,123)(H,102,122)(H,103,127)(H,104,128)(H,105,134)(H,106,129)(H,107,132)(H,108,124)(H,109,125)(H,110,126)(H,111,133)(H,112,121)/b56-22-,57-23-/t54-,55?,58-,59-,60+,61+,62+,63+,64-,65+,66-,67-,71-,72-,73+,74-,75-/m1/s1. The Bertz CT molecular complexity index is 4140. The number of aliphatic hydroxyl groups excluding tert-OH is 3. The fourth-order valence-corrected chi connectivity index (χ4v) is 15.0. The predicted octanol–water partition coefficient (Wildman–Crippen LogP) is -3.27. The third-order valence-corrected chi connectivity index (χ3v) is 22.7. The summed E-state index contributed by atoms with van der Waals surface area (Å²) in [4.78, 5) is 282. The number of unbranched alkanes of at least 4 members (excludes halogenated alkanes) is 3. The number of nitrogens with one attached hydrogen (secondary N) is 17. The summed E-state index contributed by atoms with van der Waals surface area (Å²) in [6.45, 7) is 30.0. The number of ether oxygens (including phenoxy) is 1. The molecular formula is C92H159N21O24. The summed E-state index contributed by atoms with van der Waals surface area (Å²) in [5.41, 5.74) is 16.5. The Morgan fingerprint density at radius 1 is 0.482 bits per heavy atom. The number of carbonyl (C=O) groups is 20. The normalized spacial score (nSPS) is 19.5. The summed E-state index contributed by atoms with van der Waals surface area (Å²) in [5, 5.41) is 74.8. The molecule has 0 radical (unpaired) electrons. The summed E-state index contributed by atoms with van der Waals surface area (Å²) >= 11 is 0. The van der Waals surface area contributed by atoms with Crippen molar-refractivity contribution in [3.63, 3.8) is 0 Å². The molecule has 17 atom stereocenters. The number of nitrogens with zero attached hydrogens (tertiary/aromatic N) is 1. The lowest BCUT2D eigenvalue weighted by Crippen LogP contribution is -2.62. The highest BCUT2D eigenvalue weighted by Crippen LogP contribution is 2.23. The average molecular weight is 1940 g/mol. The van der Waals surface area contributed by atoms with Gasteiger partial charge in [-0.05, 0) is 158 Å². The first kappa shape index (κ1) is 122. The molecule has 45 heteroatoms.